The first-order valence-electron chi connectivity index (χ1n) is 4.46. The number of benzene rings is 1. The molecule has 3 nitrogen and oxygen atoms in total. The Balaban J connectivity index is 2.38. The van der Waals surface area contributed by atoms with Crippen LogP contribution in [0.1, 0.15) is 11.1 Å². The van der Waals surface area contributed by atoms with E-state index < -0.39 is 0 Å². The fourth-order valence-electron chi connectivity index (χ4n) is 1.89. The van der Waals surface area contributed by atoms with Crippen molar-refractivity contribution in [2.45, 2.75) is 13.0 Å². The summed E-state index contributed by atoms with van der Waals surface area (Å²) in [6, 6.07) is 6.27. The van der Waals surface area contributed by atoms with E-state index in [0.29, 0.717) is 6.61 Å². The van der Waals surface area contributed by atoms with Crippen LogP contribution in [0.15, 0.2) is 18.2 Å². The Kier molecular flexibility index (Phi) is 2.20. The van der Waals surface area contributed by atoms with Gasteiger partial charge in [0.2, 0.25) is 0 Å². The summed E-state index contributed by atoms with van der Waals surface area (Å²) in [5.74, 6) is 5.08. The maximum atomic E-state index is 5.08. The van der Waals surface area contributed by atoms with Gasteiger partial charge in [-0.2, -0.15) is 0 Å². The summed E-state index contributed by atoms with van der Waals surface area (Å²) in [5.41, 5.74) is 3.91. The molecule has 0 atom stereocenters. The van der Waals surface area contributed by atoms with Gasteiger partial charge in [0.25, 0.3) is 0 Å². The minimum absolute atomic E-state index is 0.511. The van der Waals surface area contributed by atoms with Gasteiger partial charge in [-0.1, -0.05) is 12.1 Å². The van der Waals surface area contributed by atoms with Crippen LogP contribution in [0, 0.1) is 0 Å². The number of hydrogen-bond donors (Lipinski definition) is 1. The molecule has 0 aromatic heterocycles. The highest BCUT2D eigenvalue weighted by molar-refractivity contribution is 5.60. The molecule has 1 aliphatic rings. The zero-order valence-electron chi connectivity index (χ0n) is 7.79. The van der Waals surface area contributed by atoms with Crippen molar-refractivity contribution >= 4 is 5.69 Å². The van der Waals surface area contributed by atoms with Crippen molar-refractivity contribution < 1.29 is 4.84 Å². The lowest BCUT2D eigenvalue weighted by atomic mass is 10.1. The predicted octanol–water partition coefficient (Wildman–Crippen LogP) is 1.07. The van der Waals surface area contributed by atoms with Crippen LogP contribution >= 0.6 is 0 Å². The molecule has 0 aliphatic carbocycles. The summed E-state index contributed by atoms with van der Waals surface area (Å²) in [5, 5.41) is 0. The Morgan fingerprint density at radius 3 is 3.15 bits per heavy atom. The van der Waals surface area contributed by atoms with Crippen LogP contribution in [0.3, 0.4) is 0 Å². The van der Waals surface area contributed by atoms with E-state index in [1.165, 1.54) is 16.8 Å². The molecule has 0 radical (unpaired) electrons. The van der Waals surface area contributed by atoms with Gasteiger partial charge in [-0.3, -0.25) is 4.84 Å². The third kappa shape index (κ3) is 1.41. The van der Waals surface area contributed by atoms with E-state index >= 15 is 0 Å². The average molecular weight is 178 g/mol. The number of fused-ring (bicyclic) bond motifs is 1. The van der Waals surface area contributed by atoms with Gasteiger partial charge in [0.1, 0.15) is 0 Å². The molecule has 0 fully saturated rings. The summed E-state index contributed by atoms with van der Waals surface area (Å²) >= 11 is 0. The first kappa shape index (κ1) is 8.53. The van der Waals surface area contributed by atoms with Crippen molar-refractivity contribution in [3.63, 3.8) is 0 Å². The monoisotopic (exact) mass is 178 g/mol. The van der Waals surface area contributed by atoms with E-state index in [1.807, 2.05) is 0 Å². The van der Waals surface area contributed by atoms with Crippen LogP contribution in [-0.4, -0.2) is 13.6 Å². The smallest absolute Gasteiger partial charge is 0.0933 e. The van der Waals surface area contributed by atoms with Crippen molar-refractivity contribution in [1.29, 1.82) is 0 Å². The quantitative estimate of drug-likeness (QED) is 0.688. The molecular formula is C10H14N2O. The van der Waals surface area contributed by atoms with Gasteiger partial charge in [0.05, 0.1) is 6.61 Å². The van der Waals surface area contributed by atoms with Gasteiger partial charge in [-0.05, 0) is 23.6 Å². The number of rotatable bonds is 2. The Morgan fingerprint density at radius 2 is 2.38 bits per heavy atom. The summed E-state index contributed by atoms with van der Waals surface area (Å²) < 4.78 is 0. The van der Waals surface area contributed by atoms with Crippen molar-refractivity contribution in [2.24, 2.45) is 5.90 Å². The molecule has 0 saturated heterocycles. The highest BCUT2D eigenvalue weighted by atomic mass is 16.6. The molecule has 0 saturated carbocycles. The molecule has 0 unspecified atom stereocenters. The van der Waals surface area contributed by atoms with Crippen LogP contribution in [0.4, 0.5) is 5.69 Å². The van der Waals surface area contributed by atoms with Gasteiger partial charge in [0.15, 0.2) is 0 Å². The lowest BCUT2D eigenvalue weighted by Gasteiger charge is -2.12. The third-order valence-corrected chi connectivity index (χ3v) is 2.60. The van der Waals surface area contributed by atoms with E-state index in [-0.39, 0.29) is 0 Å². The Morgan fingerprint density at radius 1 is 1.54 bits per heavy atom. The zero-order valence-corrected chi connectivity index (χ0v) is 7.79. The fourth-order valence-corrected chi connectivity index (χ4v) is 1.89. The Labute approximate surface area is 78.1 Å². The molecule has 0 amide bonds. The maximum absolute atomic E-state index is 5.08. The van der Waals surface area contributed by atoms with Crippen LogP contribution in [0.2, 0.25) is 0 Å². The van der Waals surface area contributed by atoms with Crippen LogP contribution in [0.5, 0.6) is 0 Å². The first-order chi connectivity index (χ1) is 6.33. The third-order valence-electron chi connectivity index (χ3n) is 2.60. The largest absolute Gasteiger partial charge is 0.374 e. The lowest BCUT2D eigenvalue weighted by molar-refractivity contribution is 0.123. The highest BCUT2D eigenvalue weighted by Crippen LogP contribution is 2.29. The van der Waals surface area contributed by atoms with E-state index in [1.54, 1.807) is 0 Å². The molecule has 1 aromatic rings. The topological polar surface area (TPSA) is 38.5 Å². The highest BCUT2D eigenvalue weighted by Gasteiger charge is 2.17. The molecule has 0 spiro atoms. The van der Waals surface area contributed by atoms with E-state index in [9.17, 15) is 0 Å². The molecule has 70 valence electrons. The molecule has 2 rings (SSSR count). The average Bonchev–Trinajstić information content (AvgIpc) is 2.50. The van der Waals surface area contributed by atoms with Crippen molar-refractivity contribution in [2.75, 3.05) is 18.5 Å². The second kappa shape index (κ2) is 3.36. The lowest BCUT2D eigenvalue weighted by Crippen LogP contribution is -2.12. The summed E-state index contributed by atoms with van der Waals surface area (Å²) in [6.45, 7) is 1.61. The summed E-state index contributed by atoms with van der Waals surface area (Å²) in [7, 11) is 2.11. The van der Waals surface area contributed by atoms with Gasteiger partial charge < -0.3 is 4.90 Å². The zero-order chi connectivity index (χ0) is 9.26. The molecule has 3 heteroatoms. The fraction of sp³-hybridized carbons (Fsp3) is 0.400. The van der Waals surface area contributed by atoms with Gasteiger partial charge in [-0.25, -0.2) is 5.90 Å². The normalized spacial score (nSPS) is 14.8. The van der Waals surface area contributed by atoms with Crippen molar-refractivity contribution in [3.8, 4) is 0 Å². The second-order valence-corrected chi connectivity index (χ2v) is 3.40. The molecular weight excluding hydrogens is 164 g/mol. The number of nitrogens with two attached hydrogens (primary N) is 1. The number of hydrogen-bond acceptors (Lipinski definition) is 3. The molecule has 1 aliphatic heterocycles. The minimum Gasteiger partial charge on any atom is -0.374 e. The number of likely N-dealkylation sites (N-methyl/N-ethyl adjacent to an activating group) is 1. The van der Waals surface area contributed by atoms with E-state index in [0.717, 1.165) is 13.0 Å². The van der Waals surface area contributed by atoms with Crippen LogP contribution in [-0.2, 0) is 17.9 Å². The van der Waals surface area contributed by atoms with Gasteiger partial charge in [0, 0.05) is 19.3 Å². The second-order valence-electron chi connectivity index (χ2n) is 3.40. The Hall–Kier alpha value is -1.06. The molecule has 13 heavy (non-hydrogen) atoms. The minimum atomic E-state index is 0.511. The van der Waals surface area contributed by atoms with Crippen LogP contribution < -0.4 is 10.8 Å². The first-order valence-corrected chi connectivity index (χ1v) is 4.46. The molecule has 0 bridgehead atoms. The van der Waals surface area contributed by atoms with Crippen molar-refractivity contribution in [1.82, 2.24) is 0 Å². The van der Waals surface area contributed by atoms with E-state index in [2.05, 4.69) is 35.0 Å². The van der Waals surface area contributed by atoms with Crippen LogP contribution in [0.25, 0.3) is 0 Å². The number of anilines is 1. The standard InChI is InChI=1S/C10H14N2O/c1-12-6-5-9-8(7-13-11)3-2-4-10(9)12/h2-4H,5-7,11H2,1H3. The van der Waals surface area contributed by atoms with Gasteiger partial charge >= 0.3 is 0 Å². The summed E-state index contributed by atoms with van der Waals surface area (Å²) in [4.78, 5) is 6.93. The van der Waals surface area contributed by atoms with E-state index in [4.69, 9.17) is 5.90 Å². The Bertz CT molecular complexity index is 312. The SMILES string of the molecule is CN1CCc2c(CON)cccc21. The predicted molar refractivity (Wildman–Crippen MR) is 52.4 cm³/mol. The molecule has 1 aromatic carbocycles. The van der Waals surface area contributed by atoms with Gasteiger partial charge in [-0.15, -0.1) is 0 Å². The summed E-state index contributed by atoms with van der Waals surface area (Å²) in [6.07, 6.45) is 1.10. The number of nitrogens with zero attached hydrogens (tertiary/aromatic N) is 1. The molecule has 1 heterocycles. The van der Waals surface area contributed by atoms with Crippen molar-refractivity contribution in [3.05, 3.63) is 29.3 Å². The maximum Gasteiger partial charge on any atom is 0.0933 e. The molecule has 2 N–H and O–H groups in total.